The second kappa shape index (κ2) is 7.52. The number of nitrogens with one attached hydrogen (secondary N) is 1. The van der Waals surface area contributed by atoms with E-state index in [1.807, 2.05) is 0 Å². The van der Waals surface area contributed by atoms with Crippen molar-refractivity contribution in [2.24, 2.45) is 0 Å². The van der Waals surface area contributed by atoms with Gasteiger partial charge in [0.15, 0.2) is 0 Å². The summed E-state index contributed by atoms with van der Waals surface area (Å²) in [7, 11) is 1.48. The van der Waals surface area contributed by atoms with Crippen molar-refractivity contribution in [1.29, 1.82) is 0 Å². The van der Waals surface area contributed by atoms with Crippen LogP contribution in [0.15, 0.2) is 0 Å². The third-order valence-corrected chi connectivity index (χ3v) is 2.44. The predicted molar refractivity (Wildman–Crippen MR) is 66.2 cm³/mol. The third-order valence-electron chi connectivity index (χ3n) is 2.44. The normalized spacial score (nSPS) is 10.1. The van der Waals surface area contributed by atoms with Crippen molar-refractivity contribution in [3.8, 4) is 0 Å². The predicted octanol–water partition coefficient (Wildman–Crippen LogP) is -0.0307. The van der Waals surface area contributed by atoms with E-state index >= 15 is 0 Å². The molecule has 18 heavy (non-hydrogen) atoms. The van der Waals surface area contributed by atoms with E-state index in [4.69, 9.17) is 5.11 Å². The van der Waals surface area contributed by atoms with Crippen LogP contribution in [0.25, 0.3) is 0 Å². The summed E-state index contributed by atoms with van der Waals surface area (Å²) in [5, 5.41) is 11.2. The number of likely N-dealkylation sites (N-methyl/N-ethyl adjacent to an activating group) is 2. The van der Waals surface area contributed by atoms with Crippen LogP contribution in [0.5, 0.6) is 0 Å². The van der Waals surface area contributed by atoms with Gasteiger partial charge in [0.25, 0.3) is 0 Å². The number of carbonyl (C=O) groups excluding carboxylic acids is 2. The van der Waals surface area contributed by atoms with Crippen LogP contribution in [-0.4, -0.2) is 65.5 Å². The minimum Gasteiger partial charge on any atom is -0.480 e. The average Bonchev–Trinajstić information content (AvgIpc) is 2.31. The van der Waals surface area contributed by atoms with Crippen LogP contribution in [0.1, 0.15) is 20.8 Å². The molecule has 0 aromatic heterocycles. The van der Waals surface area contributed by atoms with Crippen molar-refractivity contribution in [2.75, 3.05) is 26.7 Å². The molecule has 0 atom stereocenters. The molecule has 0 aliphatic rings. The van der Waals surface area contributed by atoms with E-state index in [1.54, 1.807) is 20.8 Å². The molecule has 0 radical (unpaired) electrons. The standard InChI is InChI=1S/C11H21N3O4/c1-5-13(6-9(15)12-4)11(18)14(8(2)3)7-10(16)17/h8H,5-7H2,1-4H3,(H,12,15)(H,16,17). The highest BCUT2D eigenvalue weighted by molar-refractivity contribution is 5.85. The summed E-state index contributed by atoms with van der Waals surface area (Å²) in [6.07, 6.45) is 0. The monoisotopic (exact) mass is 259 g/mol. The first-order valence-electron chi connectivity index (χ1n) is 5.81. The second-order valence-corrected chi connectivity index (χ2v) is 4.09. The van der Waals surface area contributed by atoms with E-state index in [9.17, 15) is 14.4 Å². The lowest BCUT2D eigenvalue weighted by Gasteiger charge is -2.31. The lowest BCUT2D eigenvalue weighted by Crippen LogP contribution is -2.50. The summed E-state index contributed by atoms with van der Waals surface area (Å²) in [5.41, 5.74) is 0. The minimum absolute atomic E-state index is 0.0747. The van der Waals surface area contributed by atoms with Crippen LogP contribution in [0.3, 0.4) is 0 Å². The topological polar surface area (TPSA) is 90.0 Å². The molecule has 104 valence electrons. The molecule has 0 spiro atoms. The zero-order valence-electron chi connectivity index (χ0n) is 11.3. The number of carbonyl (C=O) groups is 3. The fourth-order valence-corrected chi connectivity index (χ4v) is 1.37. The molecule has 0 aromatic carbocycles. The highest BCUT2D eigenvalue weighted by atomic mass is 16.4. The molecule has 0 unspecified atom stereocenters. The Morgan fingerprint density at radius 1 is 1.22 bits per heavy atom. The Morgan fingerprint density at radius 3 is 2.11 bits per heavy atom. The maximum Gasteiger partial charge on any atom is 0.323 e. The number of rotatable bonds is 6. The average molecular weight is 259 g/mol. The van der Waals surface area contributed by atoms with Gasteiger partial charge in [0.05, 0.1) is 0 Å². The number of hydrogen-bond acceptors (Lipinski definition) is 3. The Balaban J connectivity index is 4.80. The van der Waals surface area contributed by atoms with Gasteiger partial charge in [0.2, 0.25) is 5.91 Å². The fraction of sp³-hybridized carbons (Fsp3) is 0.727. The molecule has 7 nitrogen and oxygen atoms in total. The Hall–Kier alpha value is -1.79. The summed E-state index contributed by atoms with van der Waals surface area (Å²) in [6.45, 7) is 5.09. The highest BCUT2D eigenvalue weighted by Gasteiger charge is 2.25. The lowest BCUT2D eigenvalue weighted by atomic mass is 10.3. The van der Waals surface area contributed by atoms with E-state index < -0.39 is 12.0 Å². The van der Waals surface area contributed by atoms with E-state index in [0.29, 0.717) is 6.54 Å². The Bertz CT molecular complexity index is 317. The third kappa shape index (κ3) is 5.03. The number of carboxylic acid groups (broad SMARTS) is 1. The molecule has 0 fully saturated rings. The van der Waals surface area contributed by atoms with Gasteiger partial charge in [-0.05, 0) is 20.8 Å². The van der Waals surface area contributed by atoms with Crippen molar-refractivity contribution < 1.29 is 19.5 Å². The van der Waals surface area contributed by atoms with Crippen molar-refractivity contribution >= 4 is 17.9 Å². The molecule has 0 aromatic rings. The van der Waals surface area contributed by atoms with Crippen LogP contribution in [0.4, 0.5) is 4.79 Å². The molecule has 0 aliphatic carbocycles. The number of hydrogen-bond donors (Lipinski definition) is 2. The van der Waals surface area contributed by atoms with Crippen molar-refractivity contribution in [1.82, 2.24) is 15.1 Å². The van der Waals surface area contributed by atoms with Crippen LogP contribution in [-0.2, 0) is 9.59 Å². The number of carboxylic acids is 1. The van der Waals surface area contributed by atoms with E-state index in [1.165, 1.54) is 16.8 Å². The zero-order chi connectivity index (χ0) is 14.3. The van der Waals surface area contributed by atoms with Crippen LogP contribution in [0.2, 0.25) is 0 Å². The molecule has 0 saturated heterocycles. The summed E-state index contributed by atoms with van der Waals surface area (Å²) in [4.78, 5) is 36.6. The van der Waals surface area contributed by atoms with Crippen molar-refractivity contribution in [3.05, 3.63) is 0 Å². The second-order valence-electron chi connectivity index (χ2n) is 4.09. The quantitative estimate of drug-likeness (QED) is 0.701. The van der Waals surface area contributed by atoms with Gasteiger partial charge in [-0.25, -0.2) is 4.79 Å². The molecule has 0 bridgehead atoms. The molecule has 7 heteroatoms. The molecule has 0 aliphatic heterocycles. The summed E-state index contributed by atoms with van der Waals surface area (Å²) in [6, 6.07) is -0.689. The Kier molecular flexibility index (Phi) is 6.77. The Labute approximate surface area is 107 Å². The molecule has 0 heterocycles. The summed E-state index contributed by atoms with van der Waals surface area (Å²) in [5.74, 6) is -1.36. The number of urea groups is 1. The molecule has 3 amide bonds. The Morgan fingerprint density at radius 2 is 1.78 bits per heavy atom. The van der Waals surface area contributed by atoms with Gasteiger partial charge in [-0.15, -0.1) is 0 Å². The first kappa shape index (κ1) is 16.2. The van der Waals surface area contributed by atoms with Crippen LogP contribution in [0, 0.1) is 0 Å². The fourth-order valence-electron chi connectivity index (χ4n) is 1.37. The first-order valence-corrected chi connectivity index (χ1v) is 5.81. The SMILES string of the molecule is CCN(CC(=O)NC)C(=O)N(CC(=O)O)C(C)C. The van der Waals surface area contributed by atoms with Gasteiger partial charge >= 0.3 is 12.0 Å². The van der Waals surface area contributed by atoms with Crippen LogP contribution < -0.4 is 5.32 Å². The molecular formula is C11H21N3O4. The highest BCUT2D eigenvalue weighted by Crippen LogP contribution is 2.04. The minimum atomic E-state index is -1.08. The van der Waals surface area contributed by atoms with Gasteiger partial charge in [-0.1, -0.05) is 0 Å². The van der Waals surface area contributed by atoms with Gasteiger partial charge in [0, 0.05) is 19.6 Å². The number of nitrogens with zero attached hydrogens (tertiary/aromatic N) is 2. The maximum absolute atomic E-state index is 12.1. The van der Waals surface area contributed by atoms with E-state index in [2.05, 4.69) is 5.32 Å². The largest absolute Gasteiger partial charge is 0.480 e. The smallest absolute Gasteiger partial charge is 0.323 e. The number of amides is 3. The first-order chi connectivity index (χ1) is 8.33. The van der Waals surface area contributed by atoms with Gasteiger partial charge < -0.3 is 20.2 Å². The van der Waals surface area contributed by atoms with Crippen molar-refractivity contribution in [2.45, 2.75) is 26.8 Å². The van der Waals surface area contributed by atoms with Gasteiger partial charge in [-0.2, -0.15) is 0 Å². The van der Waals surface area contributed by atoms with Gasteiger partial charge in [-0.3, -0.25) is 9.59 Å². The molecular weight excluding hydrogens is 238 g/mol. The summed E-state index contributed by atoms with van der Waals surface area (Å²) < 4.78 is 0. The van der Waals surface area contributed by atoms with Crippen molar-refractivity contribution in [3.63, 3.8) is 0 Å². The molecule has 0 rings (SSSR count). The van der Waals surface area contributed by atoms with Gasteiger partial charge in [0.1, 0.15) is 13.1 Å². The van der Waals surface area contributed by atoms with Crippen LogP contribution >= 0.6 is 0 Å². The number of aliphatic carboxylic acids is 1. The maximum atomic E-state index is 12.1. The zero-order valence-corrected chi connectivity index (χ0v) is 11.3. The van der Waals surface area contributed by atoms with E-state index in [0.717, 1.165) is 0 Å². The lowest BCUT2D eigenvalue weighted by molar-refractivity contribution is -0.138. The molecule has 2 N–H and O–H groups in total. The summed E-state index contributed by atoms with van der Waals surface area (Å²) >= 11 is 0. The van der Waals surface area contributed by atoms with E-state index in [-0.39, 0.29) is 25.0 Å². The molecule has 0 saturated carbocycles.